The second-order valence-electron chi connectivity index (χ2n) is 5.27. The predicted molar refractivity (Wildman–Crippen MR) is 89.6 cm³/mol. The minimum Gasteiger partial charge on any atom is -0.508 e. The molecule has 0 spiro atoms. The molecule has 0 saturated heterocycles. The monoisotopic (exact) mass is 312 g/mol. The maximum Gasteiger partial charge on any atom is 0.244 e. The van der Waals surface area contributed by atoms with E-state index in [-0.39, 0.29) is 23.8 Å². The number of hydrogen-bond donors (Lipinski definition) is 3. The van der Waals surface area contributed by atoms with Gasteiger partial charge in [-0.2, -0.15) is 5.10 Å². The zero-order valence-corrected chi connectivity index (χ0v) is 13.0. The predicted octanol–water partition coefficient (Wildman–Crippen LogP) is 2.74. The molecule has 0 bridgehead atoms. The molecule has 0 radical (unpaired) electrons. The van der Waals surface area contributed by atoms with Gasteiger partial charge in [0.15, 0.2) is 0 Å². The summed E-state index contributed by atoms with van der Waals surface area (Å²) < 4.78 is 0. The fourth-order valence-electron chi connectivity index (χ4n) is 2.27. The Kier molecular flexibility index (Phi) is 5.74. The lowest BCUT2D eigenvalue weighted by atomic mass is 10.0. The number of rotatable bonds is 6. The number of phenols is 2. The Hall–Kier alpha value is -2.82. The molecule has 0 atom stereocenters. The lowest BCUT2D eigenvalue weighted by Crippen LogP contribution is -2.19. The van der Waals surface area contributed by atoms with Gasteiger partial charge in [-0.15, -0.1) is 0 Å². The summed E-state index contributed by atoms with van der Waals surface area (Å²) >= 11 is 0. The summed E-state index contributed by atoms with van der Waals surface area (Å²) in [6, 6.07) is 11.6. The SMILES string of the molecule is CCCc1cc(O)ccc1C=NNC(=O)Cc1cccc(O)c1. The topological polar surface area (TPSA) is 81.9 Å². The van der Waals surface area contributed by atoms with Crippen LogP contribution in [-0.2, 0) is 17.6 Å². The van der Waals surface area contributed by atoms with Gasteiger partial charge in [0.05, 0.1) is 12.6 Å². The molecule has 0 aliphatic rings. The average Bonchev–Trinajstić information content (AvgIpc) is 2.50. The molecular weight excluding hydrogens is 292 g/mol. The van der Waals surface area contributed by atoms with Crippen molar-refractivity contribution in [3.8, 4) is 11.5 Å². The standard InChI is InChI=1S/C18H20N2O3/c1-2-4-14-11-17(22)8-7-15(14)12-19-20-18(23)10-13-5-3-6-16(21)9-13/h3,5-9,11-12,21-22H,2,4,10H2,1H3,(H,20,23). The Bertz CT molecular complexity index is 711. The molecule has 23 heavy (non-hydrogen) atoms. The molecule has 0 aliphatic heterocycles. The Morgan fingerprint density at radius 3 is 2.70 bits per heavy atom. The number of benzene rings is 2. The highest BCUT2D eigenvalue weighted by Crippen LogP contribution is 2.17. The van der Waals surface area contributed by atoms with Crippen LogP contribution >= 0.6 is 0 Å². The molecule has 2 rings (SSSR count). The van der Waals surface area contributed by atoms with Crippen LogP contribution in [0.1, 0.15) is 30.0 Å². The fourth-order valence-corrected chi connectivity index (χ4v) is 2.27. The van der Waals surface area contributed by atoms with E-state index in [1.165, 1.54) is 0 Å². The Balaban J connectivity index is 1.97. The number of nitrogens with zero attached hydrogens (tertiary/aromatic N) is 1. The van der Waals surface area contributed by atoms with Crippen molar-refractivity contribution in [3.63, 3.8) is 0 Å². The molecule has 120 valence electrons. The maximum absolute atomic E-state index is 11.8. The molecule has 5 nitrogen and oxygen atoms in total. The minimum absolute atomic E-state index is 0.132. The van der Waals surface area contributed by atoms with Crippen molar-refractivity contribution < 1.29 is 15.0 Å². The molecule has 1 amide bonds. The normalized spacial score (nSPS) is 10.8. The molecule has 0 fully saturated rings. The molecule has 3 N–H and O–H groups in total. The highest BCUT2D eigenvalue weighted by Gasteiger charge is 2.04. The van der Waals surface area contributed by atoms with Crippen LogP contribution in [0.3, 0.4) is 0 Å². The third kappa shape index (κ3) is 5.14. The number of phenolic OH excluding ortho intramolecular Hbond substituents is 2. The van der Waals surface area contributed by atoms with Crippen LogP contribution in [0.2, 0.25) is 0 Å². The first-order valence-electron chi connectivity index (χ1n) is 7.50. The van der Waals surface area contributed by atoms with E-state index in [1.54, 1.807) is 48.7 Å². The number of carbonyl (C=O) groups is 1. The van der Waals surface area contributed by atoms with Crippen LogP contribution in [0.25, 0.3) is 0 Å². The highest BCUT2D eigenvalue weighted by atomic mass is 16.3. The number of hydrogen-bond acceptors (Lipinski definition) is 4. The van der Waals surface area contributed by atoms with Gasteiger partial charge in [0.1, 0.15) is 11.5 Å². The Morgan fingerprint density at radius 2 is 1.96 bits per heavy atom. The van der Waals surface area contributed by atoms with Gasteiger partial charge < -0.3 is 10.2 Å². The van der Waals surface area contributed by atoms with Crippen LogP contribution in [0.4, 0.5) is 0 Å². The number of carbonyl (C=O) groups excluding carboxylic acids is 1. The third-order valence-electron chi connectivity index (χ3n) is 3.31. The average molecular weight is 312 g/mol. The first kappa shape index (κ1) is 16.5. The van der Waals surface area contributed by atoms with Crippen molar-refractivity contribution in [1.82, 2.24) is 5.43 Å². The van der Waals surface area contributed by atoms with E-state index >= 15 is 0 Å². The number of nitrogens with one attached hydrogen (secondary N) is 1. The number of amides is 1. The van der Waals surface area contributed by atoms with Crippen LogP contribution in [-0.4, -0.2) is 22.3 Å². The van der Waals surface area contributed by atoms with Gasteiger partial charge in [0.2, 0.25) is 5.91 Å². The van der Waals surface area contributed by atoms with Gasteiger partial charge in [0, 0.05) is 0 Å². The molecule has 0 aromatic heterocycles. The number of aryl methyl sites for hydroxylation is 1. The van der Waals surface area contributed by atoms with E-state index in [1.807, 2.05) is 0 Å². The molecule has 0 aliphatic carbocycles. The first-order valence-corrected chi connectivity index (χ1v) is 7.50. The lowest BCUT2D eigenvalue weighted by Gasteiger charge is -2.05. The van der Waals surface area contributed by atoms with Crippen molar-refractivity contribution >= 4 is 12.1 Å². The summed E-state index contributed by atoms with van der Waals surface area (Å²) in [6.07, 6.45) is 3.50. The molecule has 0 heterocycles. The second kappa shape index (κ2) is 7.98. The van der Waals surface area contributed by atoms with E-state index < -0.39 is 0 Å². The summed E-state index contributed by atoms with van der Waals surface area (Å²) in [5, 5.41) is 22.9. The van der Waals surface area contributed by atoms with Crippen molar-refractivity contribution in [3.05, 3.63) is 59.2 Å². The molecule has 0 saturated carbocycles. The highest BCUT2D eigenvalue weighted by molar-refractivity contribution is 5.84. The van der Waals surface area contributed by atoms with Gasteiger partial charge in [0.25, 0.3) is 0 Å². The van der Waals surface area contributed by atoms with E-state index in [0.717, 1.165) is 24.0 Å². The largest absolute Gasteiger partial charge is 0.508 e. The quantitative estimate of drug-likeness (QED) is 0.566. The van der Waals surface area contributed by atoms with Gasteiger partial charge in [-0.05, 0) is 53.4 Å². The molecule has 0 unspecified atom stereocenters. The van der Waals surface area contributed by atoms with Crippen molar-refractivity contribution in [2.45, 2.75) is 26.2 Å². The maximum atomic E-state index is 11.8. The fraction of sp³-hybridized carbons (Fsp3) is 0.222. The van der Waals surface area contributed by atoms with Crippen LogP contribution in [0.15, 0.2) is 47.6 Å². The summed E-state index contributed by atoms with van der Waals surface area (Å²) in [5.74, 6) is 0.0910. The van der Waals surface area contributed by atoms with Crippen molar-refractivity contribution in [2.75, 3.05) is 0 Å². The molecule has 5 heteroatoms. The molecular formula is C18H20N2O3. The van der Waals surface area contributed by atoms with E-state index in [0.29, 0.717) is 5.56 Å². The second-order valence-corrected chi connectivity index (χ2v) is 5.27. The van der Waals surface area contributed by atoms with Gasteiger partial charge in [-0.3, -0.25) is 4.79 Å². The molecule has 2 aromatic rings. The molecule has 2 aromatic carbocycles. The zero-order valence-electron chi connectivity index (χ0n) is 13.0. The van der Waals surface area contributed by atoms with E-state index in [4.69, 9.17) is 0 Å². The van der Waals surface area contributed by atoms with E-state index in [9.17, 15) is 15.0 Å². The first-order chi connectivity index (χ1) is 11.1. The van der Waals surface area contributed by atoms with Gasteiger partial charge in [-0.1, -0.05) is 25.5 Å². The third-order valence-corrected chi connectivity index (χ3v) is 3.31. The lowest BCUT2D eigenvalue weighted by molar-refractivity contribution is -0.120. The Labute approximate surface area is 135 Å². The smallest absolute Gasteiger partial charge is 0.244 e. The zero-order chi connectivity index (χ0) is 16.7. The minimum atomic E-state index is -0.261. The van der Waals surface area contributed by atoms with Crippen LogP contribution in [0, 0.1) is 0 Å². The summed E-state index contributed by atoms with van der Waals surface area (Å²) in [6.45, 7) is 2.06. The van der Waals surface area contributed by atoms with Gasteiger partial charge >= 0.3 is 0 Å². The summed E-state index contributed by atoms with van der Waals surface area (Å²) in [4.78, 5) is 11.8. The number of hydrazone groups is 1. The van der Waals surface area contributed by atoms with Crippen LogP contribution in [0.5, 0.6) is 11.5 Å². The van der Waals surface area contributed by atoms with Crippen molar-refractivity contribution in [2.24, 2.45) is 5.10 Å². The van der Waals surface area contributed by atoms with Crippen molar-refractivity contribution in [1.29, 1.82) is 0 Å². The number of aromatic hydroxyl groups is 2. The van der Waals surface area contributed by atoms with Crippen LogP contribution < -0.4 is 5.43 Å². The van der Waals surface area contributed by atoms with Gasteiger partial charge in [-0.25, -0.2) is 5.43 Å². The summed E-state index contributed by atoms with van der Waals surface area (Å²) in [7, 11) is 0. The van der Waals surface area contributed by atoms with E-state index in [2.05, 4.69) is 17.5 Å². The Morgan fingerprint density at radius 1 is 1.17 bits per heavy atom. The summed E-state index contributed by atoms with van der Waals surface area (Å²) in [5.41, 5.74) is 5.03.